The van der Waals surface area contributed by atoms with E-state index in [-0.39, 0.29) is 5.54 Å². The monoisotopic (exact) mass is 200 g/mol. The molecular formula is C13H16N2. The second-order valence-electron chi connectivity index (χ2n) is 4.61. The topological polar surface area (TPSA) is 41.8 Å². The zero-order chi connectivity index (χ0) is 10.3. The van der Waals surface area contributed by atoms with Gasteiger partial charge in [-0.05, 0) is 24.5 Å². The second kappa shape index (κ2) is 3.11. The van der Waals surface area contributed by atoms with Gasteiger partial charge in [-0.1, -0.05) is 31.0 Å². The summed E-state index contributed by atoms with van der Waals surface area (Å²) in [6.07, 6.45) is 6.85. The minimum atomic E-state index is -0.0837. The summed E-state index contributed by atoms with van der Waals surface area (Å²) in [5.41, 5.74) is 8.89. The van der Waals surface area contributed by atoms with Crippen molar-refractivity contribution in [2.45, 2.75) is 31.2 Å². The minimum absolute atomic E-state index is 0.0837. The van der Waals surface area contributed by atoms with E-state index in [0.29, 0.717) is 0 Å². The molecule has 1 saturated carbocycles. The maximum atomic E-state index is 6.47. The van der Waals surface area contributed by atoms with Gasteiger partial charge in [0.15, 0.2) is 0 Å². The summed E-state index contributed by atoms with van der Waals surface area (Å²) in [6, 6.07) is 8.41. The summed E-state index contributed by atoms with van der Waals surface area (Å²) in [5, 5.41) is 1.29. The van der Waals surface area contributed by atoms with E-state index >= 15 is 0 Å². The summed E-state index contributed by atoms with van der Waals surface area (Å²) < 4.78 is 0. The number of hydrogen-bond acceptors (Lipinski definition) is 1. The number of nitrogens with two attached hydrogens (primary N) is 1. The number of H-pyrrole nitrogens is 1. The molecule has 3 N–H and O–H groups in total. The van der Waals surface area contributed by atoms with Gasteiger partial charge >= 0.3 is 0 Å². The molecular weight excluding hydrogens is 184 g/mol. The normalized spacial score (nSPS) is 19.8. The van der Waals surface area contributed by atoms with Crippen LogP contribution in [0.25, 0.3) is 10.9 Å². The number of aromatic nitrogens is 1. The molecule has 1 aliphatic rings. The van der Waals surface area contributed by atoms with E-state index in [0.717, 1.165) is 12.8 Å². The Balaban J connectivity index is 2.18. The van der Waals surface area contributed by atoms with Crippen LogP contribution in [-0.2, 0) is 5.54 Å². The van der Waals surface area contributed by atoms with Crippen molar-refractivity contribution in [1.82, 2.24) is 4.98 Å². The fraction of sp³-hybridized carbons (Fsp3) is 0.385. The van der Waals surface area contributed by atoms with E-state index < -0.39 is 0 Å². The molecule has 0 amide bonds. The lowest BCUT2D eigenvalue weighted by Gasteiger charge is -2.23. The first-order valence-corrected chi connectivity index (χ1v) is 5.65. The molecule has 15 heavy (non-hydrogen) atoms. The molecule has 0 aliphatic heterocycles. The van der Waals surface area contributed by atoms with Gasteiger partial charge in [-0.2, -0.15) is 0 Å². The Morgan fingerprint density at radius 1 is 1.13 bits per heavy atom. The SMILES string of the molecule is NC1(c2c[nH]c3ccccc23)CCCC1. The van der Waals surface area contributed by atoms with Crippen LogP contribution in [0.4, 0.5) is 0 Å². The van der Waals surface area contributed by atoms with Crippen molar-refractivity contribution in [2.75, 3.05) is 0 Å². The van der Waals surface area contributed by atoms with Crippen molar-refractivity contribution in [3.63, 3.8) is 0 Å². The fourth-order valence-corrected chi connectivity index (χ4v) is 2.76. The van der Waals surface area contributed by atoms with Gasteiger partial charge in [0.2, 0.25) is 0 Å². The number of para-hydroxylation sites is 1. The van der Waals surface area contributed by atoms with Gasteiger partial charge in [-0.3, -0.25) is 0 Å². The van der Waals surface area contributed by atoms with Crippen molar-refractivity contribution in [2.24, 2.45) is 5.73 Å². The number of rotatable bonds is 1. The van der Waals surface area contributed by atoms with Crippen molar-refractivity contribution >= 4 is 10.9 Å². The van der Waals surface area contributed by atoms with Gasteiger partial charge in [0.05, 0.1) is 0 Å². The van der Waals surface area contributed by atoms with E-state index in [1.54, 1.807) is 0 Å². The molecule has 2 aromatic rings. The Kier molecular flexibility index (Phi) is 1.86. The van der Waals surface area contributed by atoms with Crippen LogP contribution >= 0.6 is 0 Å². The Bertz CT molecular complexity index is 478. The van der Waals surface area contributed by atoms with Gasteiger partial charge in [0, 0.05) is 22.6 Å². The Morgan fingerprint density at radius 3 is 2.67 bits per heavy atom. The molecule has 1 fully saturated rings. The standard InChI is InChI=1S/C13H16N2/c14-13(7-3-4-8-13)11-9-15-12-6-2-1-5-10(11)12/h1-2,5-6,9,15H,3-4,7-8,14H2. The van der Waals surface area contributed by atoms with Crippen LogP contribution in [0.5, 0.6) is 0 Å². The molecule has 0 saturated heterocycles. The lowest BCUT2D eigenvalue weighted by atomic mass is 9.89. The van der Waals surface area contributed by atoms with Crippen LogP contribution in [-0.4, -0.2) is 4.98 Å². The van der Waals surface area contributed by atoms with Crippen LogP contribution in [0.1, 0.15) is 31.2 Å². The first-order chi connectivity index (χ1) is 7.30. The smallest absolute Gasteiger partial charge is 0.0457 e. The Morgan fingerprint density at radius 2 is 1.87 bits per heavy atom. The zero-order valence-corrected chi connectivity index (χ0v) is 8.79. The third kappa shape index (κ3) is 1.29. The highest BCUT2D eigenvalue weighted by molar-refractivity contribution is 5.84. The molecule has 0 bridgehead atoms. The van der Waals surface area contributed by atoms with Crippen LogP contribution in [0.2, 0.25) is 0 Å². The Labute approximate surface area is 89.5 Å². The number of fused-ring (bicyclic) bond motifs is 1. The van der Waals surface area contributed by atoms with E-state index in [9.17, 15) is 0 Å². The average molecular weight is 200 g/mol. The molecule has 1 aromatic heterocycles. The third-order valence-electron chi connectivity index (χ3n) is 3.62. The molecule has 1 heterocycles. The molecule has 0 radical (unpaired) electrons. The number of nitrogens with one attached hydrogen (secondary N) is 1. The van der Waals surface area contributed by atoms with Gasteiger partial charge in [-0.15, -0.1) is 0 Å². The average Bonchev–Trinajstić information content (AvgIpc) is 2.84. The summed E-state index contributed by atoms with van der Waals surface area (Å²) in [7, 11) is 0. The van der Waals surface area contributed by atoms with E-state index in [2.05, 4.69) is 35.4 Å². The van der Waals surface area contributed by atoms with Crippen molar-refractivity contribution < 1.29 is 0 Å². The van der Waals surface area contributed by atoms with Gasteiger partial charge in [0.1, 0.15) is 0 Å². The molecule has 1 aromatic carbocycles. The van der Waals surface area contributed by atoms with Gasteiger partial charge in [0.25, 0.3) is 0 Å². The molecule has 2 heteroatoms. The van der Waals surface area contributed by atoms with Gasteiger partial charge in [-0.25, -0.2) is 0 Å². The van der Waals surface area contributed by atoms with Crippen LogP contribution in [0.3, 0.4) is 0 Å². The maximum Gasteiger partial charge on any atom is 0.0457 e. The summed E-state index contributed by atoms with van der Waals surface area (Å²) in [5.74, 6) is 0. The van der Waals surface area contributed by atoms with Crippen LogP contribution < -0.4 is 5.73 Å². The van der Waals surface area contributed by atoms with Gasteiger partial charge < -0.3 is 10.7 Å². The van der Waals surface area contributed by atoms with Crippen molar-refractivity contribution in [1.29, 1.82) is 0 Å². The lowest BCUT2D eigenvalue weighted by Crippen LogP contribution is -2.32. The molecule has 0 unspecified atom stereocenters. The number of benzene rings is 1. The molecule has 0 atom stereocenters. The molecule has 2 nitrogen and oxygen atoms in total. The summed E-state index contributed by atoms with van der Waals surface area (Å²) >= 11 is 0. The molecule has 0 spiro atoms. The van der Waals surface area contributed by atoms with E-state index in [4.69, 9.17) is 5.73 Å². The highest BCUT2D eigenvalue weighted by Crippen LogP contribution is 2.39. The predicted molar refractivity (Wildman–Crippen MR) is 62.6 cm³/mol. The summed E-state index contributed by atoms with van der Waals surface area (Å²) in [6.45, 7) is 0. The molecule has 3 rings (SSSR count). The molecule has 78 valence electrons. The highest BCUT2D eigenvalue weighted by Gasteiger charge is 2.32. The highest BCUT2D eigenvalue weighted by atomic mass is 14.8. The number of aromatic amines is 1. The van der Waals surface area contributed by atoms with Crippen molar-refractivity contribution in [3.05, 3.63) is 36.0 Å². The van der Waals surface area contributed by atoms with E-state index in [1.807, 2.05) is 0 Å². The lowest BCUT2D eigenvalue weighted by molar-refractivity contribution is 0.466. The fourth-order valence-electron chi connectivity index (χ4n) is 2.76. The van der Waals surface area contributed by atoms with E-state index in [1.165, 1.54) is 29.3 Å². The van der Waals surface area contributed by atoms with Crippen LogP contribution in [0, 0.1) is 0 Å². The number of hydrogen-bond donors (Lipinski definition) is 2. The van der Waals surface area contributed by atoms with Crippen LogP contribution in [0.15, 0.2) is 30.5 Å². The third-order valence-corrected chi connectivity index (χ3v) is 3.62. The summed E-state index contributed by atoms with van der Waals surface area (Å²) in [4.78, 5) is 3.31. The quantitative estimate of drug-likeness (QED) is 0.730. The second-order valence-corrected chi connectivity index (χ2v) is 4.61. The predicted octanol–water partition coefficient (Wildman–Crippen LogP) is 2.90. The Hall–Kier alpha value is -1.28. The first-order valence-electron chi connectivity index (χ1n) is 5.65. The minimum Gasteiger partial charge on any atom is -0.361 e. The zero-order valence-electron chi connectivity index (χ0n) is 8.79. The first kappa shape index (κ1) is 8.98. The van der Waals surface area contributed by atoms with Crippen molar-refractivity contribution in [3.8, 4) is 0 Å². The molecule has 1 aliphatic carbocycles. The maximum absolute atomic E-state index is 6.47. The largest absolute Gasteiger partial charge is 0.361 e.